The minimum atomic E-state index is -5.94. The van der Waals surface area contributed by atoms with E-state index in [0.717, 1.165) is 32.1 Å². The summed E-state index contributed by atoms with van der Waals surface area (Å²) in [5, 5.41) is 82.7. The second kappa shape index (κ2) is 32.5. The molecule has 28 nitrogen and oxygen atoms in total. The molecule has 15 atom stereocenters. The van der Waals surface area contributed by atoms with Gasteiger partial charge in [-0.15, -0.1) is 0 Å². The van der Waals surface area contributed by atoms with Crippen LogP contribution in [0.3, 0.4) is 0 Å². The fraction of sp³-hybridized carbons (Fsp3) is 0.750. The van der Waals surface area contributed by atoms with E-state index < -0.39 is 136 Å². The normalized spacial score (nSPS) is 29.0. The van der Waals surface area contributed by atoms with E-state index in [-0.39, 0.29) is 124 Å². The minimum absolute atomic E-state index is 0. The third-order valence-corrected chi connectivity index (χ3v) is 14.2. The van der Waals surface area contributed by atoms with Gasteiger partial charge in [0.05, 0.1) is 18.7 Å². The Morgan fingerprint density at radius 3 is 2.01 bits per heavy atom. The average Bonchev–Trinajstić information content (AvgIpc) is 3.73. The Kier molecular flexibility index (Phi) is 33.4. The van der Waals surface area contributed by atoms with Gasteiger partial charge in [0.25, 0.3) is 0 Å². The van der Waals surface area contributed by atoms with Gasteiger partial charge in [-0.3, -0.25) is 8.98 Å². The zero-order valence-corrected chi connectivity index (χ0v) is 49.7. The van der Waals surface area contributed by atoms with Gasteiger partial charge in [0, 0.05) is 42.5 Å². The Balaban J connectivity index is 0.0000116. The first-order chi connectivity index (χ1) is 30.3. The summed E-state index contributed by atoms with van der Waals surface area (Å²) < 4.78 is 139. The third kappa shape index (κ3) is 23.5. The molecular formula is C32H47N3Na4O25S5. The average molecular weight is 1130 g/mol. The molecule has 374 valence electrons. The molecular weight excluding hydrogens is 1080 g/mol. The van der Waals surface area contributed by atoms with Crippen LogP contribution in [0.2, 0.25) is 0 Å². The van der Waals surface area contributed by atoms with E-state index in [1.54, 1.807) is 18.2 Å². The zero-order chi connectivity index (χ0) is 48.4. The van der Waals surface area contributed by atoms with E-state index in [1.807, 2.05) is 21.6 Å². The number of aliphatic hydroxyl groups is 6. The van der Waals surface area contributed by atoms with E-state index in [4.69, 9.17) is 23.7 Å². The first-order valence-electron chi connectivity index (χ1n) is 19.1. The molecule has 1 amide bonds. The predicted octanol–water partition coefficient (Wildman–Crippen LogP) is -17.8. The first-order valence-corrected chi connectivity index (χ1v) is 25.6. The number of carboxylic acids is 1. The molecule has 37 heteroatoms. The molecule has 0 radical (unpaired) electrons. The number of hydrogen-bond donors (Lipinski definition) is 9. The number of carbonyl (C=O) groups is 2. The molecule has 0 bridgehead atoms. The summed E-state index contributed by atoms with van der Waals surface area (Å²) in [5.41, 5.74) is 0.775. The van der Waals surface area contributed by atoms with Crippen molar-refractivity contribution in [2.75, 3.05) is 36.6 Å². The van der Waals surface area contributed by atoms with Gasteiger partial charge in [0.15, 0.2) is 29.0 Å². The Labute approximate surface area is 493 Å². The van der Waals surface area contributed by atoms with Crippen molar-refractivity contribution in [3.05, 3.63) is 24.3 Å². The second-order valence-electron chi connectivity index (χ2n) is 14.5. The molecule has 4 rings (SSSR count). The van der Waals surface area contributed by atoms with E-state index in [0.29, 0.717) is 29.5 Å². The SMILES string of the molecule is CO[C@@H]1[C@@H](OS(=O)(=O)[O-])OC(O[C@H]2[C@H](O)[C@@H](OS(=O)(=O)[O-])C(OC[C@@H](O)[C@@H](O)[C@H](O)[C@@H](O)CNc3cccc(NC(=O)CCCCC4CCSS4)c3)O[C@H]2C(=O)[O-])[C@H](NS(=O)(=O)[O-])[C@H]1O.[Na+].[Na+].[Na+].[Na+]. The van der Waals surface area contributed by atoms with E-state index in [2.05, 4.69) is 19.0 Å². The number of rotatable bonds is 25. The van der Waals surface area contributed by atoms with Crippen LogP contribution in [0, 0.1) is 0 Å². The number of unbranched alkanes of at least 4 members (excludes halogenated alkanes) is 1. The molecule has 9 N–H and O–H groups in total. The number of carboxylic acid groups (broad SMARTS) is 1. The number of aliphatic carboxylic acids is 1. The maximum atomic E-state index is 12.5. The molecule has 0 spiro atoms. The summed E-state index contributed by atoms with van der Waals surface area (Å²) in [6, 6.07) is 3.85. The van der Waals surface area contributed by atoms with Gasteiger partial charge in [-0.1, -0.05) is 34.1 Å². The topological polar surface area (TPSA) is 451 Å². The number of benzene rings is 1. The van der Waals surface area contributed by atoms with Crippen molar-refractivity contribution >= 4 is 75.9 Å². The summed E-state index contributed by atoms with van der Waals surface area (Å²) in [6.07, 6.45) is -27.8. The molecule has 69 heavy (non-hydrogen) atoms. The van der Waals surface area contributed by atoms with E-state index >= 15 is 0 Å². The molecule has 0 aliphatic carbocycles. The standard InChI is InChI=1S/C32H51N3O25S5.4Na/c1-54-26-23(41)20(35-63(45,46)47)30(58-32(26)60-65(51,52)53)56-25-24(42)27(59-64(48,49)50)31(57-28(25)29(43)44)55-13-18(37)22(40)21(39)17(36)12-33-14-5-4-6-15(11-14)34-19(38)8-3-2-7-16-9-10-61-62-16;;;;/h4-6,11,16-18,20-28,30-33,35-37,39-42H,2-3,7-10,12-13H2,1H3,(H,34,38)(H,43,44)(H,45,46,47)(H,48,49,50)(H,51,52,53);;;;/q;4*+1/p-4/t16?,17-,18+,20+,21+,22+,23+,24-,25-,26-,27+,28+,30?,31?,32+;;;;/m0..../s1. The molecule has 0 saturated carbocycles. The van der Waals surface area contributed by atoms with Crippen LogP contribution in [0.25, 0.3) is 0 Å². The van der Waals surface area contributed by atoms with Gasteiger partial charge in [0.1, 0.15) is 54.9 Å². The van der Waals surface area contributed by atoms with E-state index in [1.165, 1.54) is 10.8 Å². The van der Waals surface area contributed by atoms with Crippen LogP contribution in [0.1, 0.15) is 32.1 Å². The van der Waals surface area contributed by atoms with Crippen molar-refractivity contribution in [1.82, 2.24) is 4.72 Å². The summed E-state index contributed by atoms with van der Waals surface area (Å²) in [6.45, 7) is -1.73. The maximum Gasteiger partial charge on any atom is 1.00 e. The Morgan fingerprint density at radius 1 is 0.826 bits per heavy atom. The fourth-order valence-electron chi connectivity index (χ4n) is 6.61. The Hall–Kier alpha value is 1.83. The smallest absolute Gasteiger partial charge is 0.735 e. The molecule has 3 saturated heterocycles. The number of methoxy groups -OCH3 is 1. The fourth-order valence-corrected chi connectivity index (χ4v) is 11.1. The summed E-state index contributed by atoms with van der Waals surface area (Å²) >= 11 is 0. The van der Waals surface area contributed by atoms with Crippen LogP contribution in [0.4, 0.5) is 11.4 Å². The maximum absolute atomic E-state index is 12.5. The summed E-state index contributed by atoms with van der Waals surface area (Å²) in [7, 11) is -12.8. The second-order valence-corrected chi connectivity index (χ2v) is 20.5. The third-order valence-electron chi connectivity index (χ3n) is 9.71. The van der Waals surface area contributed by atoms with Crippen molar-refractivity contribution in [2.24, 2.45) is 0 Å². The van der Waals surface area contributed by atoms with Crippen LogP contribution >= 0.6 is 21.6 Å². The molecule has 1 aromatic carbocycles. The van der Waals surface area contributed by atoms with Gasteiger partial charge < -0.3 is 88.5 Å². The van der Waals surface area contributed by atoms with Gasteiger partial charge in [0.2, 0.25) is 33.0 Å². The molecule has 3 aliphatic heterocycles. The van der Waals surface area contributed by atoms with Crippen molar-refractivity contribution in [3.63, 3.8) is 0 Å². The quantitative estimate of drug-likeness (QED) is 0.0144. The molecule has 0 aromatic heterocycles. The number of carbonyl (C=O) groups excluding carboxylic acids is 2. The number of nitrogens with one attached hydrogen (secondary N) is 3. The Morgan fingerprint density at radius 2 is 1.45 bits per heavy atom. The number of hydrogen-bond acceptors (Lipinski definition) is 28. The van der Waals surface area contributed by atoms with Crippen LogP contribution in [0.5, 0.6) is 0 Å². The molecule has 3 unspecified atom stereocenters. The first kappa shape index (κ1) is 70.8. The number of amides is 1. The largest absolute Gasteiger partial charge is 1.00 e. The van der Waals surface area contributed by atoms with Crippen molar-refractivity contribution in [1.29, 1.82) is 0 Å². The molecule has 3 heterocycles. The van der Waals surface area contributed by atoms with Crippen LogP contribution in [-0.2, 0) is 72.7 Å². The van der Waals surface area contributed by atoms with Gasteiger partial charge >= 0.3 is 118 Å². The van der Waals surface area contributed by atoms with Gasteiger partial charge in [-0.2, -0.15) is 0 Å². The summed E-state index contributed by atoms with van der Waals surface area (Å²) in [5.74, 6) is -1.46. The van der Waals surface area contributed by atoms with Gasteiger partial charge in [-0.25, -0.2) is 34.2 Å². The molecule has 1 aromatic rings. The van der Waals surface area contributed by atoms with Crippen LogP contribution in [-0.4, -0.2) is 199 Å². The van der Waals surface area contributed by atoms with E-state index in [9.17, 15) is 84.2 Å². The number of ether oxygens (including phenoxy) is 5. The van der Waals surface area contributed by atoms with Crippen LogP contribution < -0.4 is 139 Å². The summed E-state index contributed by atoms with van der Waals surface area (Å²) in [4.78, 5) is 24.7. The number of aliphatic hydroxyl groups excluding tert-OH is 6. The monoisotopic (exact) mass is 1130 g/mol. The van der Waals surface area contributed by atoms with Crippen LogP contribution in [0.15, 0.2) is 24.3 Å². The van der Waals surface area contributed by atoms with Gasteiger partial charge in [-0.05, 0) is 37.5 Å². The van der Waals surface area contributed by atoms with Crippen molar-refractivity contribution in [3.8, 4) is 0 Å². The van der Waals surface area contributed by atoms with Crippen molar-refractivity contribution in [2.45, 2.75) is 123 Å². The molecule has 3 fully saturated rings. The minimum Gasteiger partial charge on any atom is -0.735 e. The zero-order valence-electron chi connectivity index (χ0n) is 37.6. The molecule has 3 aliphatic rings. The Bertz CT molecular complexity index is 2070. The number of anilines is 2. The van der Waals surface area contributed by atoms with Crippen molar-refractivity contribution < 1.29 is 235 Å². The predicted molar refractivity (Wildman–Crippen MR) is 212 cm³/mol.